The Bertz CT molecular complexity index is 702. The van der Waals surface area contributed by atoms with Gasteiger partial charge in [-0.1, -0.05) is 36.4 Å². The van der Waals surface area contributed by atoms with E-state index in [0.29, 0.717) is 0 Å². The van der Waals surface area contributed by atoms with Crippen molar-refractivity contribution >= 4 is 22.1 Å². The Morgan fingerprint density at radius 1 is 0.714 bits per heavy atom. The van der Waals surface area contributed by atoms with Crippen LogP contribution in [0.5, 0.6) is 0 Å². The van der Waals surface area contributed by atoms with E-state index in [0.717, 1.165) is 0 Å². The number of halogens is 1. The molecule has 0 spiro atoms. The topological polar surface area (TPSA) is 92.2 Å². The van der Waals surface area contributed by atoms with Crippen molar-refractivity contribution in [1.29, 1.82) is 0 Å². The highest BCUT2D eigenvalue weighted by Gasteiger charge is 2.12. The summed E-state index contributed by atoms with van der Waals surface area (Å²) in [6.07, 6.45) is 0. The van der Waals surface area contributed by atoms with Gasteiger partial charge in [0.25, 0.3) is 0 Å². The normalized spacial score (nSPS) is 10.9. The Morgan fingerprint density at radius 3 is 1.95 bits per heavy atom. The van der Waals surface area contributed by atoms with Crippen LogP contribution in [0.4, 0.5) is 0 Å². The fourth-order valence-corrected chi connectivity index (χ4v) is 2.84. The van der Waals surface area contributed by atoms with Crippen molar-refractivity contribution in [2.45, 2.75) is 0 Å². The minimum Gasteiger partial charge on any atom is -0.222 e. The second kappa shape index (κ2) is 6.91. The molecule has 0 aliphatic heterocycles. The van der Waals surface area contributed by atoms with Gasteiger partial charge in [0.15, 0.2) is 5.38 Å². The summed E-state index contributed by atoms with van der Waals surface area (Å²) < 4.78 is 34.0. The number of fused-ring (bicyclic) bond motifs is 1. The molecular formula is C15H11ClO4S. The van der Waals surface area contributed by atoms with E-state index in [4.69, 9.17) is 18.6 Å². The highest BCUT2D eigenvalue weighted by atomic mass is 35.7. The Balaban J connectivity index is 0.000000282. The molecule has 2 aromatic carbocycles. The van der Waals surface area contributed by atoms with Gasteiger partial charge in [-0.25, -0.2) is 18.6 Å². The lowest BCUT2D eigenvalue weighted by Gasteiger charge is -2.17. The zero-order valence-corrected chi connectivity index (χ0v) is 12.3. The summed E-state index contributed by atoms with van der Waals surface area (Å²) in [7, 11) is -4.94. The van der Waals surface area contributed by atoms with Crippen molar-refractivity contribution < 1.29 is 28.9 Å². The smallest absolute Gasteiger partial charge is 0.222 e. The summed E-state index contributed by atoms with van der Waals surface area (Å²) in [6, 6.07) is 21.3. The molecule has 0 unspecified atom stereocenters. The third-order valence-electron chi connectivity index (χ3n) is 2.67. The lowest BCUT2D eigenvalue weighted by atomic mass is 10.1. The summed E-state index contributed by atoms with van der Waals surface area (Å²) in [5.41, 5.74) is 1.30. The van der Waals surface area contributed by atoms with E-state index in [1.165, 1.54) is 21.2 Å². The molecule has 21 heavy (non-hydrogen) atoms. The van der Waals surface area contributed by atoms with Gasteiger partial charge in [-0.05, 0) is 23.6 Å². The van der Waals surface area contributed by atoms with Gasteiger partial charge in [0.1, 0.15) is 0 Å². The van der Waals surface area contributed by atoms with E-state index in [-0.39, 0.29) is 0 Å². The van der Waals surface area contributed by atoms with Crippen LogP contribution in [0.3, 0.4) is 0 Å². The van der Waals surface area contributed by atoms with Crippen molar-refractivity contribution in [3.63, 3.8) is 0 Å². The van der Waals surface area contributed by atoms with Gasteiger partial charge in [-0.3, -0.25) is 0 Å². The molecule has 0 saturated carbocycles. The molecule has 0 bridgehead atoms. The molecule has 3 aromatic rings. The van der Waals surface area contributed by atoms with Gasteiger partial charge in [-0.15, -0.1) is 10.2 Å². The SMILES string of the molecule is [O-][Cl+3]([O-])([O-])[O-].c1ccc(-c2[s+]ccc3ccccc23)cc1. The first-order chi connectivity index (χ1) is 9.95. The minimum atomic E-state index is -4.94. The third kappa shape index (κ3) is 5.02. The zero-order valence-electron chi connectivity index (χ0n) is 10.8. The molecule has 0 aliphatic carbocycles. The predicted octanol–water partition coefficient (Wildman–Crippen LogP) is 0.0934. The molecule has 4 nitrogen and oxygen atoms in total. The maximum absolute atomic E-state index is 8.49. The number of hydrogen-bond acceptors (Lipinski definition) is 4. The van der Waals surface area contributed by atoms with E-state index in [1.54, 1.807) is 11.3 Å². The number of hydrogen-bond donors (Lipinski definition) is 0. The van der Waals surface area contributed by atoms with E-state index in [9.17, 15) is 0 Å². The Kier molecular flexibility index (Phi) is 5.19. The molecule has 0 N–H and O–H groups in total. The number of benzene rings is 2. The highest BCUT2D eigenvalue weighted by Crippen LogP contribution is 2.31. The first-order valence-electron chi connectivity index (χ1n) is 5.92. The van der Waals surface area contributed by atoms with Crippen LogP contribution in [0.15, 0.2) is 66.0 Å². The second-order valence-corrected chi connectivity index (χ2v) is 5.75. The lowest BCUT2D eigenvalue weighted by molar-refractivity contribution is -2.00. The summed E-state index contributed by atoms with van der Waals surface area (Å²) >= 11 is 1.80. The van der Waals surface area contributed by atoms with Crippen molar-refractivity contribution in [2.75, 3.05) is 0 Å². The standard InChI is InChI=1S/C15H11S.ClHO4/c1-2-7-13(8-3-1)15-14-9-5-4-6-12(14)10-11-16-15;2-1(3,4)5/h1-11H;(H,2,3,4,5)/q+1;/p-1. The zero-order chi connectivity index (χ0) is 15.3. The summed E-state index contributed by atoms with van der Waals surface area (Å²) in [5.74, 6) is 0. The molecule has 0 aliphatic rings. The van der Waals surface area contributed by atoms with Crippen LogP contribution in [0.1, 0.15) is 0 Å². The molecule has 108 valence electrons. The van der Waals surface area contributed by atoms with Crippen molar-refractivity contribution in [3.05, 3.63) is 66.0 Å². The summed E-state index contributed by atoms with van der Waals surface area (Å²) in [6.45, 7) is 0. The van der Waals surface area contributed by atoms with Crippen LogP contribution in [0.25, 0.3) is 21.2 Å². The molecule has 0 radical (unpaired) electrons. The maximum Gasteiger partial charge on any atom is 0.245 e. The first-order valence-corrected chi connectivity index (χ1v) is 8.03. The number of rotatable bonds is 1. The Hall–Kier alpha value is -1.60. The van der Waals surface area contributed by atoms with E-state index in [2.05, 4.69) is 66.0 Å². The van der Waals surface area contributed by atoms with Gasteiger partial charge in [0.2, 0.25) is 16.2 Å². The van der Waals surface area contributed by atoms with E-state index < -0.39 is 10.2 Å². The largest absolute Gasteiger partial charge is 0.245 e. The van der Waals surface area contributed by atoms with E-state index in [1.807, 2.05) is 0 Å². The van der Waals surface area contributed by atoms with E-state index >= 15 is 0 Å². The van der Waals surface area contributed by atoms with Gasteiger partial charge in [-0.2, -0.15) is 0 Å². The highest BCUT2D eigenvalue weighted by molar-refractivity contribution is 7.14. The van der Waals surface area contributed by atoms with Crippen LogP contribution in [0, 0.1) is 10.2 Å². The maximum atomic E-state index is 8.49. The molecule has 0 atom stereocenters. The Labute approximate surface area is 127 Å². The lowest BCUT2D eigenvalue weighted by Crippen LogP contribution is -2.68. The van der Waals surface area contributed by atoms with Crippen LogP contribution < -0.4 is 18.6 Å². The molecule has 3 rings (SSSR count). The average Bonchev–Trinajstić information content (AvgIpc) is 2.46. The molecule has 0 amide bonds. The Morgan fingerprint density at radius 2 is 1.29 bits per heavy atom. The van der Waals surface area contributed by atoms with Gasteiger partial charge >= 0.3 is 0 Å². The first kappa shape index (κ1) is 15.8. The molecule has 6 heteroatoms. The van der Waals surface area contributed by atoms with Crippen LogP contribution >= 0.6 is 11.3 Å². The second-order valence-electron chi connectivity index (χ2n) is 4.08. The third-order valence-corrected chi connectivity index (χ3v) is 3.64. The monoisotopic (exact) mass is 322 g/mol. The van der Waals surface area contributed by atoms with Crippen molar-refractivity contribution in [3.8, 4) is 10.4 Å². The van der Waals surface area contributed by atoms with Crippen LogP contribution in [-0.4, -0.2) is 0 Å². The van der Waals surface area contributed by atoms with Gasteiger partial charge < -0.3 is 0 Å². The molecule has 0 fully saturated rings. The van der Waals surface area contributed by atoms with Crippen LogP contribution in [0.2, 0.25) is 0 Å². The van der Waals surface area contributed by atoms with Crippen LogP contribution in [-0.2, 0) is 0 Å². The summed E-state index contributed by atoms with van der Waals surface area (Å²) in [4.78, 5) is 1.35. The molecule has 1 aromatic heterocycles. The minimum absolute atomic E-state index is 1.30. The molecule has 1 heterocycles. The van der Waals surface area contributed by atoms with Crippen molar-refractivity contribution in [1.82, 2.24) is 0 Å². The van der Waals surface area contributed by atoms with Gasteiger partial charge in [0.05, 0.1) is 0 Å². The fourth-order valence-electron chi connectivity index (χ4n) is 1.90. The van der Waals surface area contributed by atoms with Gasteiger partial charge in [0, 0.05) is 17.0 Å². The fraction of sp³-hybridized carbons (Fsp3) is 0. The molecule has 0 saturated heterocycles. The average molecular weight is 323 g/mol. The quantitative estimate of drug-likeness (QED) is 0.594. The predicted molar refractivity (Wildman–Crippen MR) is 71.7 cm³/mol. The van der Waals surface area contributed by atoms with Crippen molar-refractivity contribution in [2.24, 2.45) is 0 Å². The summed E-state index contributed by atoms with van der Waals surface area (Å²) in [5, 5.41) is 4.80. The molecular weight excluding hydrogens is 312 g/mol.